The van der Waals surface area contributed by atoms with Gasteiger partial charge in [-0.1, -0.05) is 63.8 Å². The minimum atomic E-state index is -0.932. The maximum absolute atomic E-state index is 15.0. The molecule has 0 atom stereocenters. The van der Waals surface area contributed by atoms with Gasteiger partial charge in [-0.05, 0) is 54.3 Å². The lowest BCUT2D eigenvalue weighted by Gasteiger charge is -2.32. The number of halogens is 2. The Kier molecular flexibility index (Phi) is 6.52. The molecule has 184 valence electrons. The molecule has 0 unspecified atom stereocenters. The van der Waals surface area contributed by atoms with E-state index < -0.39 is 11.9 Å². The van der Waals surface area contributed by atoms with Gasteiger partial charge in [-0.15, -0.1) is 0 Å². The zero-order chi connectivity index (χ0) is 25.3. The molecule has 0 radical (unpaired) electrons. The molecule has 1 aromatic carbocycles. The minimum absolute atomic E-state index is 0.0939. The van der Waals surface area contributed by atoms with Crippen molar-refractivity contribution in [1.82, 2.24) is 15.0 Å². The smallest absolute Gasteiger partial charge is 0.225 e. The van der Waals surface area contributed by atoms with Gasteiger partial charge in [-0.2, -0.15) is 13.8 Å². The second-order valence-corrected chi connectivity index (χ2v) is 9.46. The largest absolute Gasteiger partial charge is 0.507 e. The van der Waals surface area contributed by atoms with E-state index in [4.69, 9.17) is 4.98 Å². The van der Waals surface area contributed by atoms with Crippen LogP contribution in [0.5, 0.6) is 5.75 Å². The first kappa shape index (κ1) is 24.0. The molecule has 0 saturated carbocycles. The second kappa shape index (κ2) is 9.76. The van der Waals surface area contributed by atoms with Crippen LogP contribution in [0.4, 0.5) is 8.78 Å². The Morgan fingerprint density at radius 2 is 1.50 bits per heavy atom. The number of fused-ring (bicyclic) bond motifs is 3. The molecular weight excluding hydrogens is 456 g/mol. The Morgan fingerprint density at radius 1 is 0.778 bits per heavy atom. The molecule has 0 bridgehead atoms. The fourth-order valence-electron chi connectivity index (χ4n) is 5.49. The number of aromatic hydroxyl groups is 1. The summed E-state index contributed by atoms with van der Waals surface area (Å²) in [6.07, 6.45) is 7.66. The fraction of sp³-hybridized carbons (Fsp3) is 0.300. The van der Waals surface area contributed by atoms with Gasteiger partial charge >= 0.3 is 0 Å². The Hall–Kier alpha value is -3.67. The van der Waals surface area contributed by atoms with Crippen LogP contribution in [0.15, 0.2) is 60.8 Å². The summed E-state index contributed by atoms with van der Waals surface area (Å²) in [5, 5.41) is 10.9. The Labute approximate surface area is 210 Å². The molecule has 3 heterocycles. The van der Waals surface area contributed by atoms with Crippen LogP contribution in [-0.4, -0.2) is 20.1 Å². The average Bonchev–Trinajstić information content (AvgIpc) is 3.17. The van der Waals surface area contributed by atoms with Crippen LogP contribution in [0.25, 0.3) is 33.8 Å². The highest BCUT2D eigenvalue weighted by Gasteiger charge is 2.44. The van der Waals surface area contributed by atoms with E-state index in [1.165, 1.54) is 6.07 Å². The molecule has 0 spiro atoms. The third-order valence-corrected chi connectivity index (χ3v) is 7.27. The van der Waals surface area contributed by atoms with Crippen molar-refractivity contribution >= 4 is 0 Å². The van der Waals surface area contributed by atoms with Crippen molar-refractivity contribution in [2.24, 2.45) is 0 Å². The van der Waals surface area contributed by atoms with Gasteiger partial charge in [-0.3, -0.25) is 4.98 Å². The van der Waals surface area contributed by atoms with Crippen LogP contribution in [0, 0.1) is 11.9 Å². The third-order valence-electron chi connectivity index (χ3n) is 7.27. The van der Waals surface area contributed by atoms with Gasteiger partial charge < -0.3 is 5.11 Å². The molecule has 0 aliphatic heterocycles. The minimum Gasteiger partial charge on any atom is -0.507 e. The van der Waals surface area contributed by atoms with Crippen LogP contribution in [0.3, 0.4) is 0 Å². The third kappa shape index (κ3) is 3.94. The zero-order valence-electron chi connectivity index (χ0n) is 20.6. The highest BCUT2D eigenvalue weighted by atomic mass is 19.1. The number of phenolic OH excluding ortho intramolecular Hbond substituents is 1. The molecule has 1 aliphatic carbocycles. The van der Waals surface area contributed by atoms with Gasteiger partial charge in [0.25, 0.3) is 0 Å². The fourth-order valence-corrected chi connectivity index (χ4v) is 5.49. The average molecular weight is 486 g/mol. The van der Waals surface area contributed by atoms with E-state index in [2.05, 4.69) is 29.9 Å². The summed E-state index contributed by atoms with van der Waals surface area (Å²) in [4.78, 5) is 12.6. The van der Waals surface area contributed by atoms with E-state index in [-0.39, 0.29) is 22.3 Å². The van der Waals surface area contributed by atoms with Crippen LogP contribution < -0.4 is 0 Å². The Balaban J connectivity index is 1.70. The lowest BCUT2D eigenvalue weighted by Crippen LogP contribution is -2.25. The molecule has 4 aromatic rings. The number of rotatable bonds is 8. The van der Waals surface area contributed by atoms with Crippen LogP contribution in [0.1, 0.15) is 63.5 Å². The number of nitrogens with zero attached hydrogens (tertiary/aromatic N) is 3. The second-order valence-electron chi connectivity index (χ2n) is 9.46. The summed E-state index contributed by atoms with van der Waals surface area (Å²) < 4.78 is 29.6. The van der Waals surface area contributed by atoms with E-state index in [1.807, 2.05) is 12.1 Å². The highest BCUT2D eigenvalue weighted by molar-refractivity contribution is 5.84. The first-order valence-corrected chi connectivity index (χ1v) is 12.6. The molecule has 1 aliphatic rings. The van der Waals surface area contributed by atoms with Crippen molar-refractivity contribution in [1.29, 1.82) is 0 Å². The monoisotopic (exact) mass is 485 g/mol. The van der Waals surface area contributed by atoms with Crippen molar-refractivity contribution in [3.63, 3.8) is 0 Å². The maximum Gasteiger partial charge on any atom is 0.225 e. The van der Waals surface area contributed by atoms with Crippen LogP contribution >= 0.6 is 0 Å². The number of phenols is 1. The molecule has 5 rings (SSSR count). The van der Waals surface area contributed by atoms with E-state index in [9.17, 15) is 13.9 Å². The van der Waals surface area contributed by atoms with Crippen molar-refractivity contribution in [3.05, 3.63) is 83.8 Å². The van der Waals surface area contributed by atoms with Crippen molar-refractivity contribution < 1.29 is 13.9 Å². The summed E-state index contributed by atoms with van der Waals surface area (Å²) in [6, 6.07) is 16.0. The predicted molar refractivity (Wildman–Crippen MR) is 138 cm³/mol. The summed E-state index contributed by atoms with van der Waals surface area (Å²) >= 11 is 0. The van der Waals surface area contributed by atoms with Crippen LogP contribution in [-0.2, 0) is 5.41 Å². The number of hydrogen-bond acceptors (Lipinski definition) is 4. The molecule has 4 nitrogen and oxygen atoms in total. The van der Waals surface area contributed by atoms with Gasteiger partial charge in [0, 0.05) is 17.2 Å². The predicted octanol–water partition coefficient (Wildman–Crippen LogP) is 7.84. The topological polar surface area (TPSA) is 58.9 Å². The van der Waals surface area contributed by atoms with Gasteiger partial charge in [-0.25, -0.2) is 4.98 Å². The van der Waals surface area contributed by atoms with Gasteiger partial charge in [0.2, 0.25) is 11.9 Å². The normalized spacial score (nSPS) is 13.4. The highest BCUT2D eigenvalue weighted by Crippen LogP contribution is 2.56. The first-order chi connectivity index (χ1) is 17.5. The summed E-state index contributed by atoms with van der Waals surface area (Å²) in [5.74, 6) is -1.68. The summed E-state index contributed by atoms with van der Waals surface area (Å²) in [7, 11) is 0. The van der Waals surface area contributed by atoms with Gasteiger partial charge in [0.1, 0.15) is 5.75 Å². The Bertz CT molecular complexity index is 1400. The molecule has 0 amide bonds. The number of hydrogen-bond donors (Lipinski definition) is 1. The molecule has 0 fully saturated rings. The lowest BCUT2D eigenvalue weighted by atomic mass is 9.71. The maximum atomic E-state index is 15.0. The molecule has 3 aromatic heterocycles. The van der Waals surface area contributed by atoms with E-state index >= 15 is 0 Å². The quantitative estimate of drug-likeness (QED) is 0.258. The number of unbranched alkanes of at least 4 members (excludes halogenated alkanes) is 2. The van der Waals surface area contributed by atoms with Crippen molar-refractivity contribution in [2.45, 2.75) is 57.8 Å². The standard InChI is InChI=1S/C30H29F2N3O/c1-3-5-15-30(16-6-4-2)21-10-9-12-25(36)26(21)27-22(30)13-14-24(34-27)20-18-19(28(31)35-29(20)32)23-11-7-8-17-33-23/h7-14,17-18,36H,3-6,15-16H2,1-2H3. The van der Waals surface area contributed by atoms with Gasteiger partial charge in [0.15, 0.2) is 0 Å². The number of benzene rings is 1. The molecule has 6 heteroatoms. The molecule has 0 saturated heterocycles. The lowest BCUT2D eigenvalue weighted by molar-refractivity contribution is 0.412. The summed E-state index contributed by atoms with van der Waals surface area (Å²) in [6.45, 7) is 4.36. The van der Waals surface area contributed by atoms with Gasteiger partial charge in [0.05, 0.1) is 28.2 Å². The summed E-state index contributed by atoms with van der Waals surface area (Å²) in [5.41, 5.74) is 4.17. The van der Waals surface area contributed by atoms with Crippen molar-refractivity contribution in [3.8, 4) is 39.5 Å². The zero-order valence-corrected chi connectivity index (χ0v) is 20.6. The van der Waals surface area contributed by atoms with Crippen molar-refractivity contribution in [2.75, 3.05) is 0 Å². The van der Waals surface area contributed by atoms with E-state index in [0.717, 1.165) is 49.7 Å². The number of pyridine rings is 3. The first-order valence-electron chi connectivity index (χ1n) is 12.6. The molecular formula is C30H29F2N3O. The van der Waals surface area contributed by atoms with E-state index in [1.54, 1.807) is 36.5 Å². The van der Waals surface area contributed by atoms with E-state index in [0.29, 0.717) is 22.6 Å². The molecule has 1 N–H and O–H groups in total. The SMILES string of the molecule is CCCCC1(CCCC)c2ccc(-c3cc(-c4ccccn4)c(F)nc3F)nc2-c2c(O)cccc21. The number of aromatic nitrogens is 3. The Morgan fingerprint density at radius 3 is 2.17 bits per heavy atom. The molecule has 36 heavy (non-hydrogen) atoms. The van der Waals surface area contributed by atoms with Crippen LogP contribution in [0.2, 0.25) is 0 Å².